The quantitative estimate of drug-likeness (QED) is 0.699. The van der Waals surface area contributed by atoms with Crippen molar-refractivity contribution in [2.75, 3.05) is 0 Å². The molecule has 1 aliphatic rings. The monoisotopic (exact) mass is 256 g/mol. The van der Waals surface area contributed by atoms with Crippen molar-refractivity contribution in [3.8, 4) is 0 Å². The Bertz CT molecular complexity index is 492. The molecule has 0 heterocycles. The van der Waals surface area contributed by atoms with Crippen molar-refractivity contribution in [2.45, 2.75) is 24.1 Å². The molecular weight excluding hydrogens is 240 g/mol. The van der Waals surface area contributed by atoms with Crippen LogP contribution in [0.3, 0.4) is 0 Å². The van der Waals surface area contributed by atoms with Crippen LogP contribution in [0.5, 0.6) is 0 Å². The lowest BCUT2D eigenvalue weighted by molar-refractivity contribution is 0.714. The predicted molar refractivity (Wildman–Crippen MR) is 77.1 cm³/mol. The highest BCUT2D eigenvalue weighted by atomic mass is 35.5. The number of benzene rings is 2. The zero-order chi connectivity index (χ0) is 12.4. The largest absolute Gasteiger partial charge is 0.122 e. The van der Waals surface area contributed by atoms with Crippen LogP contribution >= 0.6 is 11.6 Å². The standard InChI is InChI=1S/C17H17Cl/c18-17(11-13-7-3-1-4-8-13)16-12-15(16)14-9-5-2-6-10-14/h1-10,15-17H,11-12H2. The van der Waals surface area contributed by atoms with Gasteiger partial charge in [0.2, 0.25) is 0 Å². The summed E-state index contributed by atoms with van der Waals surface area (Å²) in [7, 11) is 0. The third-order valence-corrected chi connectivity index (χ3v) is 4.28. The van der Waals surface area contributed by atoms with Gasteiger partial charge in [-0.15, -0.1) is 11.6 Å². The lowest BCUT2D eigenvalue weighted by Crippen LogP contribution is -2.07. The summed E-state index contributed by atoms with van der Waals surface area (Å²) in [6.07, 6.45) is 2.22. The lowest BCUT2D eigenvalue weighted by atomic mass is 10.0. The lowest BCUT2D eigenvalue weighted by Gasteiger charge is -2.09. The van der Waals surface area contributed by atoms with Crippen LogP contribution in [0, 0.1) is 5.92 Å². The van der Waals surface area contributed by atoms with Crippen molar-refractivity contribution in [2.24, 2.45) is 5.92 Å². The van der Waals surface area contributed by atoms with Crippen LogP contribution < -0.4 is 0 Å². The number of alkyl halides is 1. The number of hydrogen-bond donors (Lipinski definition) is 0. The minimum absolute atomic E-state index is 0.262. The molecule has 3 rings (SSSR count). The Morgan fingerprint density at radius 2 is 1.56 bits per heavy atom. The van der Waals surface area contributed by atoms with E-state index in [2.05, 4.69) is 60.7 Å². The summed E-state index contributed by atoms with van der Waals surface area (Å²) in [6.45, 7) is 0. The van der Waals surface area contributed by atoms with Gasteiger partial charge in [-0.1, -0.05) is 60.7 Å². The Morgan fingerprint density at radius 1 is 0.944 bits per heavy atom. The number of rotatable bonds is 4. The fourth-order valence-corrected chi connectivity index (χ4v) is 3.15. The van der Waals surface area contributed by atoms with Gasteiger partial charge in [-0.05, 0) is 35.8 Å². The van der Waals surface area contributed by atoms with Gasteiger partial charge >= 0.3 is 0 Å². The zero-order valence-corrected chi connectivity index (χ0v) is 11.1. The van der Waals surface area contributed by atoms with E-state index in [1.54, 1.807) is 0 Å². The van der Waals surface area contributed by atoms with Crippen LogP contribution in [0.15, 0.2) is 60.7 Å². The molecule has 0 aliphatic heterocycles. The molecule has 0 radical (unpaired) electrons. The average molecular weight is 257 g/mol. The molecule has 1 saturated carbocycles. The first-order chi connectivity index (χ1) is 8.84. The topological polar surface area (TPSA) is 0 Å². The van der Waals surface area contributed by atoms with Crippen molar-refractivity contribution in [3.63, 3.8) is 0 Å². The summed E-state index contributed by atoms with van der Waals surface area (Å²) in [5, 5.41) is 0.262. The maximum absolute atomic E-state index is 6.56. The summed E-state index contributed by atoms with van der Waals surface area (Å²) in [6, 6.07) is 21.3. The molecule has 2 aromatic rings. The summed E-state index contributed by atoms with van der Waals surface area (Å²) < 4.78 is 0. The van der Waals surface area contributed by atoms with Gasteiger partial charge < -0.3 is 0 Å². The van der Waals surface area contributed by atoms with Gasteiger partial charge in [0, 0.05) is 5.38 Å². The number of hydrogen-bond acceptors (Lipinski definition) is 0. The van der Waals surface area contributed by atoms with E-state index in [4.69, 9.17) is 11.6 Å². The van der Waals surface area contributed by atoms with Crippen molar-refractivity contribution < 1.29 is 0 Å². The Morgan fingerprint density at radius 3 is 2.22 bits per heavy atom. The molecule has 0 saturated heterocycles. The highest BCUT2D eigenvalue weighted by molar-refractivity contribution is 6.21. The van der Waals surface area contributed by atoms with E-state index in [9.17, 15) is 0 Å². The Labute approximate surface area is 114 Å². The van der Waals surface area contributed by atoms with Crippen LogP contribution in [-0.2, 0) is 6.42 Å². The molecule has 0 N–H and O–H groups in total. The smallest absolute Gasteiger partial charge is 0.0410 e. The average Bonchev–Trinajstić information content (AvgIpc) is 3.21. The first kappa shape index (κ1) is 11.8. The van der Waals surface area contributed by atoms with Gasteiger partial charge in [-0.3, -0.25) is 0 Å². The van der Waals surface area contributed by atoms with E-state index in [1.807, 2.05) is 0 Å². The maximum Gasteiger partial charge on any atom is 0.0410 e. The predicted octanol–water partition coefficient (Wildman–Crippen LogP) is 4.64. The molecule has 0 spiro atoms. The van der Waals surface area contributed by atoms with E-state index < -0.39 is 0 Å². The van der Waals surface area contributed by atoms with Crippen LogP contribution in [0.2, 0.25) is 0 Å². The van der Waals surface area contributed by atoms with Gasteiger partial charge in [0.05, 0.1) is 0 Å². The minimum Gasteiger partial charge on any atom is -0.122 e. The summed E-state index contributed by atoms with van der Waals surface area (Å²) in [5.41, 5.74) is 2.79. The molecule has 18 heavy (non-hydrogen) atoms. The van der Waals surface area contributed by atoms with Gasteiger partial charge in [-0.2, -0.15) is 0 Å². The van der Waals surface area contributed by atoms with E-state index in [-0.39, 0.29) is 5.38 Å². The third-order valence-electron chi connectivity index (χ3n) is 3.81. The molecule has 0 aromatic heterocycles. The van der Waals surface area contributed by atoms with Gasteiger partial charge in [0.25, 0.3) is 0 Å². The molecular formula is C17H17Cl. The normalized spacial score (nSPS) is 23.6. The molecule has 0 amide bonds. The van der Waals surface area contributed by atoms with Crippen molar-refractivity contribution >= 4 is 11.6 Å². The highest BCUT2D eigenvalue weighted by Crippen LogP contribution is 2.51. The molecule has 3 unspecified atom stereocenters. The first-order valence-corrected chi connectivity index (χ1v) is 7.01. The Balaban J connectivity index is 1.61. The summed E-state index contributed by atoms with van der Waals surface area (Å²) in [4.78, 5) is 0. The Hall–Kier alpha value is -1.27. The molecule has 0 bridgehead atoms. The summed E-state index contributed by atoms with van der Waals surface area (Å²) >= 11 is 6.56. The van der Waals surface area contributed by atoms with E-state index >= 15 is 0 Å². The van der Waals surface area contributed by atoms with Crippen LogP contribution in [0.4, 0.5) is 0 Å². The maximum atomic E-state index is 6.56. The molecule has 3 atom stereocenters. The molecule has 92 valence electrons. The highest BCUT2D eigenvalue weighted by Gasteiger charge is 2.42. The second kappa shape index (κ2) is 5.16. The van der Waals surface area contributed by atoms with Crippen molar-refractivity contribution in [3.05, 3.63) is 71.8 Å². The summed E-state index contributed by atoms with van der Waals surface area (Å²) in [5.74, 6) is 1.33. The fourth-order valence-electron chi connectivity index (χ4n) is 2.69. The first-order valence-electron chi connectivity index (χ1n) is 6.57. The molecule has 1 heteroatoms. The molecule has 2 aromatic carbocycles. The third kappa shape index (κ3) is 2.59. The minimum atomic E-state index is 0.262. The zero-order valence-electron chi connectivity index (χ0n) is 10.3. The van der Waals surface area contributed by atoms with Gasteiger partial charge in [0.15, 0.2) is 0 Å². The number of halogens is 1. The van der Waals surface area contributed by atoms with Gasteiger partial charge in [-0.25, -0.2) is 0 Å². The molecule has 1 fully saturated rings. The fraction of sp³-hybridized carbons (Fsp3) is 0.294. The SMILES string of the molecule is ClC(Cc1ccccc1)C1CC1c1ccccc1. The second-order valence-electron chi connectivity index (χ2n) is 5.12. The van der Waals surface area contributed by atoms with Gasteiger partial charge in [0.1, 0.15) is 0 Å². The van der Waals surface area contributed by atoms with E-state index in [0.717, 1.165) is 6.42 Å². The molecule has 1 aliphatic carbocycles. The van der Waals surface area contributed by atoms with E-state index in [1.165, 1.54) is 17.5 Å². The van der Waals surface area contributed by atoms with Crippen molar-refractivity contribution in [1.82, 2.24) is 0 Å². The van der Waals surface area contributed by atoms with Crippen molar-refractivity contribution in [1.29, 1.82) is 0 Å². The molecule has 0 nitrogen and oxygen atoms in total. The second-order valence-corrected chi connectivity index (χ2v) is 5.68. The van der Waals surface area contributed by atoms with Crippen LogP contribution in [0.25, 0.3) is 0 Å². The van der Waals surface area contributed by atoms with E-state index in [0.29, 0.717) is 11.8 Å². The van der Waals surface area contributed by atoms with Crippen LogP contribution in [0.1, 0.15) is 23.5 Å². The Kier molecular flexibility index (Phi) is 3.38. The van der Waals surface area contributed by atoms with Crippen LogP contribution in [-0.4, -0.2) is 5.38 Å².